The van der Waals surface area contributed by atoms with Crippen LogP contribution in [-0.2, 0) is 14.3 Å². The van der Waals surface area contributed by atoms with Gasteiger partial charge in [-0.2, -0.15) is 0 Å². The molecule has 0 aromatic heterocycles. The van der Waals surface area contributed by atoms with E-state index in [0.29, 0.717) is 19.8 Å². The van der Waals surface area contributed by atoms with Crippen LogP contribution in [-0.4, -0.2) is 52.5 Å². The van der Waals surface area contributed by atoms with E-state index in [1.54, 1.807) is 0 Å². The predicted molar refractivity (Wildman–Crippen MR) is 58.9 cm³/mol. The third-order valence-electron chi connectivity index (χ3n) is 1.65. The summed E-state index contributed by atoms with van der Waals surface area (Å²) in [6.45, 7) is 5.33. The lowest BCUT2D eigenvalue weighted by atomic mass is 10.5. The Hall–Kier alpha value is -0.650. The molecule has 0 fully saturated rings. The first-order valence-corrected chi connectivity index (χ1v) is 5.38. The number of amides is 1. The summed E-state index contributed by atoms with van der Waals surface area (Å²) < 4.78 is 10.3. The van der Waals surface area contributed by atoms with E-state index in [1.165, 1.54) is 0 Å². The highest BCUT2D eigenvalue weighted by Gasteiger charge is 1.99. The van der Waals surface area contributed by atoms with E-state index >= 15 is 0 Å². The molecule has 0 aliphatic carbocycles. The molecule has 0 saturated carbocycles. The minimum atomic E-state index is -0.0826. The maximum absolute atomic E-state index is 11.1. The molecule has 0 unspecified atom stereocenters. The van der Waals surface area contributed by atoms with E-state index in [4.69, 9.17) is 9.47 Å². The summed E-state index contributed by atoms with van der Waals surface area (Å²) in [6.07, 6.45) is 1.00. The minimum Gasteiger partial charge on any atom is -0.379 e. The number of carbonyl (C=O) groups excluding carboxylic acids is 1. The lowest BCUT2D eigenvalue weighted by Crippen LogP contribution is -2.33. The van der Waals surface area contributed by atoms with Gasteiger partial charge in [-0.25, -0.2) is 0 Å². The van der Waals surface area contributed by atoms with Crippen LogP contribution in [0.15, 0.2) is 0 Å². The van der Waals surface area contributed by atoms with Crippen molar-refractivity contribution in [2.75, 3.05) is 46.6 Å². The highest BCUT2D eigenvalue weighted by atomic mass is 16.5. The van der Waals surface area contributed by atoms with Crippen LogP contribution < -0.4 is 10.6 Å². The fourth-order valence-electron chi connectivity index (χ4n) is 0.907. The van der Waals surface area contributed by atoms with Crippen LogP contribution in [0.3, 0.4) is 0 Å². The SMILES string of the molecule is CCCOCCOCC(=O)NCCNC. The molecule has 0 heterocycles. The first-order valence-electron chi connectivity index (χ1n) is 5.38. The van der Waals surface area contributed by atoms with Gasteiger partial charge in [0.25, 0.3) is 0 Å². The van der Waals surface area contributed by atoms with Crippen molar-refractivity contribution in [1.29, 1.82) is 0 Å². The van der Waals surface area contributed by atoms with Crippen molar-refractivity contribution in [3.05, 3.63) is 0 Å². The molecule has 0 aliphatic rings. The van der Waals surface area contributed by atoms with Crippen LogP contribution in [0, 0.1) is 0 Å². The van der Waals surface area contributed by atoms with Gasteiger partial charge in [-0.1, -0.05) is 6.92 Å². The first kappa shape index (κ1) is 14.3. The van der Waals surface area contributed by atoms with Crippen LogP contribution in [0.2, 0.25) is 0 Å². The molecule has 0 spiro atoms. The number of nitrogens with one attached hydrogen (secondary N) is 2. The number of rotatable bonds is 10. The molecule has 0 atom stereocenters. The second-order valence-corrected chi connectivity index (χ2v) is 3.12. The number of carbonyl (C=O) groups is 1. The van der Waals surface area contributed by atoms with Crippen molar-refractivity contribution < 1.29 is 14.3 Å². The molecule has 1 amide bonds. The lowest BCUT2D eigenvalue weighted by Gasteiger charge is -2.06. The van der Waals surface area contributed by atoms with Gasteiger partial charge in [-0.3, -0.25) is 4.79 Å². The van der Waals surface area contributed by atoms with E-state index in [2.05, 4.69) is 17.6 Å². The van der Waals surface area contributed by atoms with Gasteiger partial charge < -0.3 is 20.1 Å². The van der Waals surface area contributed by atoms with Gasteiger partial charge in [0.15, 0.2) is 0 Å². The zero-order valence-electron chi connectivity index (χ0n) is 9.67. The van der Waals surface area contributed by atoms with Crippen molar-refractivity contribution in [3.8, 4) is 0 Å². The molecule has 0 saturated heterocycles. The second kappa shape index (κ2) is 11.4. The van der Waals surface area contributed by atoms with E-state index in [1.807, 2.05) is 7.05 Å². The van der Waals surface area contributed by atoms with Gasteiger partial charge in [0.05, 0.1) is 13.2 Å². The topological polar surface area (TPSA) is 59.6 Å². The number of likely N-dealkylation sites (N-methyl/N-ethyl adjacent to an activating group) is 1. The molecule has 0 aromatic rings. The molecular weight excluding hydrogens is 196 g/mol. The van der Waals surface area contributed by atoms with Gasteiger partial charge in [0, 0.05) is 19.7 Å². The lowest BCUT2D eigenvalue weighted by molar-refractivity contribution is -0.126. The molecule has 0 aromatic carbocycles. The highest BCUT2D eigenvalue weighted by molar-refractivity contribution is 5.77. The average molecular weight is 218 g/mol. The largest absolute Gasteiger partial charge is 0.379 e. The summed E-state index contributed by atoms with van der Waals surface area (Å²) >= 11 is 0. The normalized spacial score (nSPS) is 10.3. The third-order valence-corrected chi connectivity index (χ3v) is 1.65. The van der Waals surface area contributed by atoms with Crippen LogP contribution >= 0.6 is 0 Å². The van der Waals surface area contributed by atoms with Gasteiger partial charge in [-0.05, 0) is 13.5 Å². The maximum Gasteiger partial charge on any atom is 0.246 e. The van der Waals surface area contributed by atoms with Crippen LogP contribution in [0.25, 0.3) is 0 Å². The van der Waals surface area contributed by atoms with E-state index in [9.17, 15) is 4.79 Å². The molecule has 0 rings (SSSR count). The van der Waals surface area contributed by atoms with E-state index in [-0.39, 0.29) is 12.5 Å². The van der Waals surface area contributed by atoms with Gasteiger partial charge in [-0.15, -0.1) is 0 Å². The molecule has 5 nitrogen and oxygen atoms in total. The van der Waals surface area contributed by atoms with Crippen molar-refractivity contribution in [2.45, 2.75) is 13.3 Å². The van der Waals surface area contributed by atoms with Crippen molar-refractivity contribution in [3.63, 3.8) is 0 Å². The Bertz CT molecular complexity index is 154. The first-order chi connectivity index (χ1) is 7.31. The molecule has 90 valence electrons. The molecular formula is C10H22N2O3. The summed E-state index contributed by atoms with van der Waals surface area (Å²) in [5, 5.41) is 5.66. The third kappa shape index (κ3) is 11.3. The number of hydrogen-bond donors (Lipinski definition) is 2. The molecule has 5 heteroatoms. The van der Waals surface area contributed by atoms with Crippen molar-refractivity contribution in [2.24, 2.45) is 0 Å². The summed E-state index contributed by atoms with van der Waals surface area (Å²) in [5.41, 5.74) is 0. The Morgan fingerprint density at radius 1 is 1.13 bits per heavy atom. The molecule has 0 aliphatic heterocycles. The fraction of sp³-hybridized carbons (Fsp3) is 0.900. The Morgan fingerprint density at radius 3 is 2.53 bits per heavy atom. The number of hydrogen-bond acceptors (Lipinski definition) is 4. The van der Waals surface area contributed by atoms with Crippen molar-refractivity contribution in [1.82, 2.24) is 10.6 Å². The van der Waals surface area contributed by atoms with E-state index in [0.717, 1.165) is 19.6 Å². The summed E-state index contributed by atoms with van der Waals surface area (Å²) in [7, 11) is 1.84. The summed E-state index contributed by atoms with van der Waals surface area (Å²) in [5.74, 6) is -0.0826. The molecule has 0 radical (unpaired) electrons. The van der Waals surface area contributed by atoms with Gasteiger partial charge >= 0.3 is 0 Å². The molecule has 15 heavy (non-hydrogen) atoms. The zero-order valence-corrected chi connectivity index (χ0v) is 9.67. The zero-order chi connectivity index (χ0) is 11.4. The van der Waals surface area contributed by atoms with Crippen LogP contribution in [0.1, 0.15) is 13.3 Å². The van der Waals surface area contributed by atoms with Crippen molar-refractivity contribution >= 4 is 5.91 Å². The molecule has 2 N–H and O–H groups in total. The maximum atomic E-state index is 11.1. The quantitative estimate of drug-likeness (QED) is 0.497. The second-order valence-electron chi connectivity index (χ2n) is 3.12. The minimum absolute atomic E-state index is 0.0826. The smallest absolute Gasteiger partial charge is 0.246 e. The predicted octanol–water partition coefficient (Wildman–Crippen LogP) is -0.235. The summed E-state index contributed by atoms with van der Waals surface area (Å²) in [6, 6.07) is 0. The Balaban J connectivity index is 3.10. The monoisotopic (exact) mass is 218 g/mol. The van der Waals surface area contributed by atoms with Gasteiger partial charge in [0.1, 0.15) is 6.61 Å². The standard InChI is InChI=1S/C10H22N2O3/c1-3-6-14-7-8-15-9-10(13)12-5-4-11-2/h11H,3-9H2,1-2H3,(H,12,13). The number of ether oxygens (including phenoxy) is 2. The fourth-order valence-corrected chi connectivity index (χ4v) is 0.907. The van der Waals surface area contributed by atoms with Gasteiger partial charge in [0.2, 0.25) is 5.91 Å². The van der Waals surface area contributed by atoms with Crippen LogP contribution in [0.5, 0.6) is 0 Å². The Morgan fingerprint density at radius 2 is 1.87 bits per heavy atom. The summed E-state index contributed by atoms with van der Waals surface area (Å²) in [4.78, 5) is 11.1. The Labute approximate surface area is 91.5 Å². The van der Waals surface area contributed by atoms with Crippen LogP contribution in [0.4, 0.5) is 0 Å². The van der Waals surface area contributed by atoms with E-state index < -0.39 is 0 Å². The Kier molecular flexibility index (Phi) is 10.9. The average Bonchev–Trinajstić information content (AvgIpc) is 2.23. The highest BCUT2D eigenvalue weighted by Crippen LogP contribution is 1.81. The molecule has 0 bridgehead atoms.